The average molecular weight is 691 g/mol. The molecule has 0 spiro atoms. The molecule has 11 nitrogen and oxygen atoms in total. The molecule has 5 heterocycles. The highest BCUT2D eigenvalue weighted by atomic mass is 16.6. The third-order valence-corrected chi connectivity index (χ3v) is 10.8. The summed E-state index contributed by atoms with van der Waals surface area (Å²) in [6, 6.07) is 6.94. The Kier molecular flexibility index (Phi) is 10.7. The molecule has 2 amide bonds. The number of hydrogen-bond donors (Lipinski definition) is 0. The van der Waals surface area contributed by atoms with Crippen LogP contribution in [0.5, 0.6) is 5.88 Å². The van der Waals surface area contributed by atoms with Crippen LogP contribution in [0.2, 0.25) is 0 Å². The first kappa shape index (κ1) is 36.4. The zero-order valence-electron chi connectivity index (χ0n) is 31.4. The third-order valence-electron chi connectivity index (χ3n) is 10.8. The SMILES string of the molecule is Cc1cc(C)cc(-c2c(CCN3CCN(CC(=O)N4CCCC4)CC3)c(OCC(C)(C)C(=O)N3C4CCC3CC4)nn2C(=O)OC(C)(C)C)c1. The van der Waals surface area contributed by atoms with Crippen LogP contribution in [0.1, 0.15) is 89.8 Å². The van der Waals surface area contributed by atoms with Gasteiger partial charge in [-0.25, -0.2) is 4.79 Å². The molecule has 0 unspecified atom stereocenters. The maximum Gasteiger partial charge on any atom is 0.435 e. The zero-order chi connectivity index (χ0) is 35.8. The largest absolute Gasteiger partial charge is 0.475 e. The Bertz CT molecular complexity index is 1520. The molecule has 11 heteroatoms. The quantitative estimate of drug-likeness (QED) is 0.332. The van der Waals surface area contributed by atoms with Gasteiger partial charge in [-0.15, -0.1) is 5.10 Å². The first-order chi connectivity index (χ1) is 23.7. The predicted molar refractivity (Wildman–Crippen MR) is 193 cm³/mol. The van der Waals surface area contributed by atoms with E-state index >= 15 is 0 Å². The lowest BCUT2D eigenvalue weighted by molar-refractivity contribution is -0.143. The number of fused-ring (bicyclic) bond motifs is 2. The van der Waals surface area contributed by atoms with Crippen LogP contribution in [0.25, 0.3) is 11.3 Å². The highest BCUT2D eigenvalue weighted by molar-refractivity contribution is 5.84. The van der Waals surface area contributed by atoms with E-state index in [2.05, 4.69) is 46.7 Å². The van der Waals surface area contributed by atoms with Crippen LogP contribution < -0.4 is 4.74 Å². The van der Waals surface area contributed by atoms with Crippen molar-refractivity contribution in [3.05, 3.63) is 34.9 Å². The molecule has 0 saturated carbocycles. The van der Waals surface area contributed by atoms with Crippen molar-refractivity contribution < 1.29 is 23.9 Å². The average Bonchev–Trinajstić information content (AvgIpc) is 3.86. The second kappa shape index (κ2) is 14.7. The monoisotopic (exact) mass is 690 g/mol. The molecule has 1 aromatic carbocycles. The van der Waals surface area contributed by atoms with E-state index in [0.717, 1.165) is 107 Å². The Morgan fingerprint density at radius 2 is 1.40 bits per heavy atom. The Labute approximate surface area is 298 Å². The van der Waals surface area contributed by atoms with Gasteiger partial charge >= 0.3 is 6.09 Å². The molecule has 2 bridgehead atoms. The van der Waals surface area contributed by atoms with Gasteiger partial charge in [0.15, 0.2) is 0 Å². The van der Waals surface area contributed by atoms with Gasteiger partial charge in [0.25, 0.3) is 0 Å². The number of amides is 2. The summed E-state index contributed by atoms with van der Waals surface area (Å²) in [5.41, 5.74) is 3.05. The standard InChI is InChI=1S/C39H58N6O5/c1-27-22-28(2)24-29(23-27)34-32(14-17-41-18-20-42(21-19-41)25-33(46)43-15-8-9-16-43)35(40-45(34)37(48)50-38(3,4)5)49-26-39(6,7)36(47)44-30-10-11-31(44)13-12-30/h22-24,30-31H,8-21,25-26H2,1-7H3. The summed E-state index contributed by atoms with van der Waals surface area (Å²) in [6.45, 7) is 20.1. The molecule has 0 aliphatic carbocycles. The number of aromatic nitrogens is 2. The van der Waals surface area contributed by atoms with E-state index in [0.29, 0.717) is 36.6 Å². The lowest BCUT2D eigenvalue weighted by atomic mass is 9.92. The van der Waals surface area contributed by atoms with E-state index in [1.54, 1.807) is 0 Å². The van der Waals surface area contributed by atoms with Gasteiger partial charge in [0, 0.05) is 69.0 Å². The number of aryl methyl sites for hydroxylation is 2. The zero-order valence-corrected chi connectivity index (χ0v) is 31.4. The molecule has 274 valence electrons. The minimum absolute atomic E-state index is 0.131. The molecular formula is C39H58N6O5. The molecule has 50 heavy (non-hydrogen) atoms. The molecule has 4 saturated heterocycles. The number of carbonyl (C=O) groups is 3. The van der Waals surface area contributed by atoms with Gasteiger partial charge in [0.1, 0.15) is 12.2 Å². The van der Waals surface area contributed by atoms with E-state index in [9.17, 15) is 14.4 Å². The number of carbonyl (C=O) groups excluding carboxylic acids is 3. The minimum atomic E-state index is -0.763. The lowest BCUT2D eigenvalue weighted by Crippen LogP contribution is -2.50. The number of benzene rings is 1. The molecule has 0 radical (unpaired) electrons. The fraction of sp³-hybridized carbons (Fsp3) is 0.692. The molecule has 0 N–H and O–H groups in total. The van der Waals surface area contributed by atoms with Crippen LogP contribution in [-0.2, 0) is 20.7 Å². The third kappa shape index (κ3) is 8.20. The van der Waals surface area contributed by atoms with Gasteiger partial charge in [-0.2, -0.15) is 4.68 Å². The van der Waals surface area contributed by atoms with E-state index in [4.69, 9.17) is 14.6 Å². The topological polar surface area (TPSA) is 100 Å². The fourth-order valence-electron chi connectivity index (χ4n) is 8.22. The second-order valence-corrected chi connectivity index (χ2v) is 16.7. The highest BCUT2D eigenvalue weighted by Crippen LogP contribution is 2.41. The molecule has 0 atom stereocenters. The fourth-order valence-corrected chi connectivity index (χ4v) is 8.22. The molecule has 4 aliphatic rings. The van der Waals surface area contributed by atoms with Crippen LogP contribution in [0, 0.1) is 19.3 Å². The summed E-state index contributed by atoms with van der Waals surface area (Å²) in [6.07, 6.45) is 6.57. The van der Waals surface area contributed by atoms with Crippen molar-refractivity contribution in [1.82, 2.24) is 29.4 Å². The van der Waals surface area contributed by atoms with Gasteiger partial charge in [-0.05, 0) is 106 Å². The van der Waals surface area contributed by atoms with Crippen molar-refractivity contribution in [2.24, 2.45) is 5.41 Å². The van der Waals surface area contributed by atoms with Gasteiger partial charge < -0.3 is 24.2 Å². The van der Waals surface area contributed by atoms with E-state index < -0.39 is 17.1 Å². The predicted octanol–water partition coefficient (Wildman–Crippen LogP) is 5.29. The van der Waals surface area contributed by atoms with Crippen LogP contribution in [0.4, 0.5) is 4.79 Å². The number of likely N-dealkylation sites (tertiary alicyclic amines) is 1. The van der Waals surface area contributed by atoms with Crippen molar-refractivity contribution >= 4 is 17.9 Å². The van der Waals surface area contributed by atoms with Gasteiger partial charge in [-0.1, -0.05) is 17.2 Å². The summed E-state index contributed by atoms with van der Waals surface area (Å²) in [4.78, 5) is 49.2. The normalized spacial score (nSPS) is 21.7. The minimum Gasteiger partial charge on any atom is -0.475 e. The summed E-state index contributed by atoms with van der Waals surface area (Å²) in [7, 11) is 0. The van der Waals surface area contributed by atoms with Crippen molar-refractivity contribution in [3.8, 4) is 17.1 Å². The summed E-state index contributed by atoms with van der Waals surface area (Å²) < 4.78 is 13.8. The molecule has 4 aliphatic heterocycles. The maximum atomic E-state index is 13.9. The van der Waals surface area contributed by atoms with Crippen LogP contribution in [-0.4, -0.2) is 124 Å². The molecular weight excluding hydrogens is 632 g/mol. The van der Waals surface area contributed by atoms with Gasteiger partial charge in [-0.3, -0.25) is 14.5 Å². The summed E-state index contributed by atoms with van der Waals surface area (Å²) in [5.74, 6) is 0.737. The second-order valence-electron chi connectivity index (χ2n) is 16.7. The smallest absolute Gasteiger partial charge is 0.435 e. The van der Waals surface area contributed by atoms with Gasteiger partial charge in [0.2, 0.25) is 17.7 Å². The first-order valence-corrected chi connectivity index (χ1v) is 18.8. The molecule has 6 rings (SSSR count). The number of rotatable bonds is 10. The van der Waals surface area contributed by atoms with Crippen molar-refractivity contribution in [2.45, 2.75) is 111 Å². The summed E-state index contributed by atoms with van der Waals surface area (Å²) in [5, 5.41) is 4.80. The van der Waals surface area contributed by atoms with Gasteiger partial charge in [0.05, 0.1) is 17.7 Å². The van der Waals surface area contributed by atoms with Crippen LogP contribution in [0.15, 0.2) is 18.2 Å². The number of hydrogen-bond acceptors (Lipinski definition) is 8. The Hall–Kier alpha value is -3.44. The Morgan fingerprint density at radius 3 is 1.98 bits per heavy atom. The van der Waals surface area contributed by atoms with Crippen molar-refractivity contribution in [3.63, 3.8) is 0 Å². The lowest BCUT2D eigenvalue weighted by Gasteiger charge is -2.35. The van der Waals surface area contributed by atoms with E-state index in [-0.39, 0.29) is 18.4 Å². The Morgan fingerprint density at radius 1 is 0.820 bits per heavy atom. The molecule has 4 fully saturated rings. The van der Waals surface area contributed by atoms with E-state index in [1.807, 2.05) is 39.5 Å². The van der Waals surface area contributed by atoms with Crippen LogP contribution >= 0.6 is 0 Å². The van der Waals surface area contributed by atoms with Crippen molar-refractivity contribution in [1.29, 1.82) is 0 Å². The molecule has 1 aromatic heterocycles. The summed E-state index contributed by atoms with van der Waals surface area (Å²) >= 11 is 0. The maximum absolute atomic E-state index is 13.9. The molecule has 2 aromatic rings. The Balaban J connectivity index is 1.25. The number of piperazine rings is 1. The first-order valence-electron chi connectivity index (χ1n) is 18.8. The number of nitrogens with zero attached hydrogens (tertiary/aromatic N) is 6. The highest BCUT2D eigenvalue weighted by Gasteiger charge is 2.47. The van der Waals surface area contributed by atoms with E-state index in [1.165, 1.54) is 4.68 Å². The number of ether oxygens (including phenoxy) is 2. The van der Waals surface area contributed by atoms with Crippen LogP contribution in [0.3, 0.4) is 0 Å². The van der Waals surface area contributed by atoms with Crippen molar-refractivity contribution in [2.75, 3.05) is 59.0 Å².